The van der Waals surface area contributed by atoms with E-state index in [9.17, 15) is 8.42 Å². The summed E-state index contributed by atoms with van der Waals surface area (Å²) in [6.45, 7) is 9.10. The number of pyridine rings is 1. The number of aromatic nitrogens is 1. The van der Waals surface area contributed by atoms with Gasteiger partial charge in [0.1, 0.15) is 11.0 Å². The number of rotatable bonds is 4. The Morgan fingerprint density at radius 1 is 1.45 bits per heavy atom. The lowest BCUT2D eigenvalue weighted by atomic mass is 10.0. The zero-order valence-electron chi connectivity index (χ0n) is 13.5. The molecule has 1 aromatic heterocycles. The quantitative estimate of drug-likeness (QED) is 0.784. The largest absolute Gasteiger partial charge is 0.377 e. The van der Waals surface area contributed by atoms with Crippen LogP contribution in [-0.4, -0.2) is 45.0 Å². The predicted octanol–water partition coefficient (Wildman–Crippen LogP) is 2.63. The van der Waals surface area contributed by atoms with E-state index in [0.717, 1.165) is 6.54 Å². The van der Waals surface area contributed by atoms with Crippen molar-refractivity contribution in [2.45, 2.75) is 38.5 Å². The maximum absolute atomic E-state index is 12.4. The Labute approximate surface area is 137 Å². The number of sulfone groups is 1. The lowest BCUT2D eigenvalue weighted by Gasteiger charge is -2.35. The molecule has 1 atom stereocenters. The number of halogens is 1. The molecule has 2 rings (SSSR count). The molecule has 0 spiro atoms. The average molecular weight is 347 g/mol. The van der Waals surface area contributed by atoms with Crippen LogP contribution < -0.4 is 4.90 Å². The number of nitrogens with zero attached hydrogens (tertiary/aromatic N) is 2. The second-order valence-corrected chi connectivity index (χ2v) is 9.28. The zero-order valence-corrected chi connectivity index (χ0v) is 15.0. The van der Waals surface area contributed by atoms with Crippen LogP contribution in [0.2, 0.25) is 5.15 Å². The first kappa shape index (κ1) is 17.5. The molecule has 1 saturated heterocycles. The summed E-state index contributed by atoms with van der Waals surface area (Å²) in [5.41, 5.74) is 0.669. The summed E-state index contributed by atoms with van der Waals surface area (Å²) in [5.74, 6) is 0.793. The highest BCUT2D eigenvalue weighted by Crippen LogP contribution is 2.34. The van der Waals surface area contributed by atoms with Gasteiger partial charge < -0.3 is 9.64 Å². The minimum atomic E-state index is -3.26. The number of anilines is 1. The van der Waals surface area contributed by atoms with Crippen LogP contribution in [0.25, 0.3) is 0 Å². The number of ether oxygens (including phenoxy) is 1. The smallest absolute Gasteiger partial charge is 0.159 e. The molecule has 0 aliphatic carbocycles. The van der Waals surface area contributed by atoms with Crippen molar-refractivity contribution in [2.24, 2.45) is 0 Å². The van der Waals surface area contributed by atoms with E-state index in [-0.39, 0.29) is 11.8 Å². The van der Waals surface area contributed by atoms with Crippen molar-refractivity contribution >= 4 is 27.3 Å². The van der Waals surface area contributed by atoms with Crippen LogP contribution in [0.15, 0.2) is 12.1 Å². The van der Waals surface area contributed by atoms with Gasteiger partial charge in [-0.15, -0.1) is 0 Å². The molecule has 5 nitrogen and oxygen atoms in total. The molecule has 0 bridgehead atoms. The number of hydrogen-bond acceptors (Lipinski definition) is 5. The maximum atomic E-state index is 12.4. The third kappa shape index (κ3) is 3.24. The molecule has 0 amide bonds. The Morgan fingerprint density at radius 3 is 2.73 bits per heavy atom. The fourth-order valence-electron chi connectivity index (χ4n) is 2.59. The molecule has 0 radical (unpaired) electrons. The van der Waals surface area contributed by atoms with E-state index >= 15 is 0 Å². The van der Waals surface area contributed by atoms with Gasteiger partial charge in [0.15, 0.2) is 9.84 Å². The van der Waals surface area contributed by atoms with Crippen molar-refractivity contribution < 1.29 is 13.2 Å². The highest BCUT2D eigenvalue weighted by Gasteiger charge is 2.36. The first-order valence-electron chi connectivity index (χ1n) is 7.44. The van der Waals surface area contributed by atoms with Gasteiger partial charge in [-0.1, -0.05) is 18.5 Å². The number of hydrogen-bond donors (Lipinski definition) is 0. The fraction of sp³-hybridized carbons (Fsp3) is 0.667. The molecule has 1 aliphatic rings. The third-order valence-electron chi connectivity index (χ3n) is 4.30. The second kappa shape index (κ2) is 6.34. The normalized spacial score (nSPS) is 20.2. The summed E-state index contributed by atoms with van der Waals surface area (Å²) in [4.78, 5) is 6.47. The maximum Gasteiger partial charge on any atom is 0.159 e. The summed E-state index contributed by atoms with van der Waals surface area (Å²) < 4.78 is 29.2. The van der Waals surface area contributed by atoms with Gasteiger partial charge >= 0.3 is 0 Å². The second-order valence-electron chi connectivity index (χ2n) is 6.07. The Morgan fingerprint density at radius 2 is 2.14 bits per heavy atom. The number of morpholine rings is 1. The van der Waals surface area contributed by atoms with Crippen molar-refractivity contribution in [2.75, 3.05) is 30.4 Å². The fourth-order valence-corrected chi connectivity index (χ4v) is 3.99. The lowest BCUT2D eigenvalue weighted by molar-refractivity contribution is 0.0985. The van der Waals surface area contributed by atoms with Gasteiger partial charge in [0.2, 0.25) is 0 Å². The minimum absolute atomic E-state index is 0.0865. The Kier molecular flexibility index (Phi) is 5.04. The minimum Gasteiger partial charge on any atom is -0.377 e. The van der Waals surface area contributed by atoms with Crippen molar-refractivity contribution in [3.05, 3.63) is 22.8 Å². The van der Waals surface area contributed by atoms with Gasteiger partial charge in [0.05, 0.1) is 24.0 Å². The summed E-state index contributed by atoms with van der Waals surface area (Å²) >= 11 is 6.15. The van der Waals surface area contributed by atoms with Crippen LogP contribution in [0, 0.1) is 0 Å². The van der Waals surface area contributed by atoms with Crippen LogP contribution in [0.4, 0.5) is 5.82 Å². The SMILES string of the molecule is CCS(=O)(=O)C(C)(C)c1cc(Cl)nc(N2CCOC[C@@H]2C)c1. The third-order valence-corrected chi connectivity index (χ3v) is 7.04. The summed E-state index contributed by atoms with van der Waals surface area (Å²) in [6, 6.07) is 3.66. The molecule has 0 unspecified atom stereocenters. The lowest BCUT2D eigenvalue weighted by Crippen LogP contribution is -2.44. The molecule has 124 valence electrons. The van der Waals surface area contributed by atoms with E-state index in [1.165, 1.54) is 0 Å². The van der Waals surface area contributed by atoms with Crippen molar-refractivity contribution in [3.8, 4) is 0 Å². The molecule has 1 aliphatic heterocycles. The van der Waals surface area contributed by atoms with Gasteiger partial charge in [-0.3, -0.25) is 0 Å². The van der Waals surface area contributed by atoms with Gasteiger partial charge in [-0.2, -0.15) is 0 Å². The standard InChI is InChI=1S/C15H23ClN2O3S/c1-5-22(19,20)15(3,4)12-8-13(16)17-14(9-12)18-6-7-21-10-11(18)2/h8-9,11H,5-7,10H2,1-4H3/t11-/m0/s1. The van der Waals surface area contributed by atoms with Crippen molar-refractivity contribution in [1.82, 2.24) is 4.98 Å². The molecule has 0 N–H and O–H groups in total. The van der Waals surface area contributed by atoms with E-state index in [0.29, 0.717) is 29.7 Å². The Bertz CT molecular complexity index is 646. The molecular formula is C15H23ClN2O3S. The van der Waals surface area contributed by atoms with Crippen molar-refractivity contribution in [3.63, 3.8) is 0 Å². The van der Waals surface area contributed by atoms with Gasteiger partial charge in [-0.25, -0.2) is 13.4 Å². The molecule has 0 aromatic carbocycles. The van der Waals surface area contributed by atoms with E-state index < -0.39 is 14.6 Å². The topological polar surface area (TPSA) is 59.5 Å². The highest BCUT2D eigenvalue weighted by molar-refractivity contribution is 7.92. The van der Waals surface area contributed by atoms with Crippen LogP contribution in [0.5, 0.6) is 0 Å². The van der Waals surface area contributed by atoms with E-state index in [1.807, 2.05) is 6.07 Å². The first-order chi connectivity index (χ1) is 10.2. The summed E-state index contributed by atoms with van der Waals surface area (Å²) in [7, 11) is -3.26. The molecular weight excluding hydrogens is 324 g/mol. The summed E-state index contributed by atoms with van der Waals surface area (Å²) in [6.07, 6.45) is 0. The molecule has 1 aromatic rings. The average Bonchev–Trinajstić information content (AvgIpc) is 2.46. The predicted molar refractivity (Wildman–Crippen MR) is 89.4 cm³/mol. The van der Waals surface area contributed by atoms with E-state index in [2.05, 4.69) is 16.8 Å². The van der Waals surface area contributed by atoms with Crippen LogP contribution in [0.3, 0.4) is 0 Å². The molecule has 1 fully saturated rings. The zero-order chi connectivity index (χ0) is 16.5. The van der Waals surface area contributed by atoms with Crippen LogP contribution in [0.1, 0.15) is 33.3 Å². The molecule has 0 saturated carbocycles. The van der Waals surface area contributed by atoms with Gasteiger partial charge in [-0.05, 0) is 38.5 Å². The molecule has 2 heterocycles. The van der Waals surface area contributed by atoms with E-state index in [1.54, 1.807) is 26.8 Å². The Balaban J connectivity index is 2.47. The molecule has 7 heteroatoms. The highest BCUT2D eigenvalue weighted by atomic mass is 35.5. The Hall–Kier alpha value is -0.850. The van der Waals surface area contributed by atoms with Crippen LogP contribution in [-0.2, 0) is 19.3 Å². The monoisotopic (exact) mass is 346 g/mol. The first-order valence-corrected chi connectivity index (χ1v) is 9.47. The van der Waals surface area contributed by atoms with Gasteiger partial charge in [0.25, 0.3) is 0 Å². The van der Waals surface area contributed by atoms with Crippen LogP contribution >= 0.6 is 11.6 Å². The summed E-state index contributed by atoms with van der Waals surface area (Å²) in [5, 5.41) is 0.311. The van der Waals surface area contributed by atoms with Crippen molar-refractivity contribution in [1.29, 1.82) is 0 Å². The van der Waals surface area contributed by atoms with E-state index in [4.69, 9.17) is 16.3 Å². The molecule has 22 heavy (non-hydrogen) atoms. The van der Waals surface area contributed by atoms with Gasteiger partial charge in [0, 0.05) is 12.3 Å².